The molecule has 0 heterocycles. The number of hydrogen-bond donors (Lipinski definition) is 1. The van der Waals surface area contributed by atoms with Crippen LogP contribution in [-0.4, -0.2) is 27.1 Å². The number of nitrogens with one attached hydrogen (secondary N) is 1. The summed E-state index contributed by atoms with van der Waals surface area (Å²) < 4.78 is 5.07. The molecule has 0 radical (unpaired) electrons. The van der Waals surface area contributed by atoms with E-state index in [4.69, 9.17) is 4.74 Å². The van der Waals surface area contributed by atoms with Crippen molar-refractivity contribution in [3.05, 3.63) is 59.7 Å². The molecule has 0 aliphatic heterocycles. The molecule has 0 saturated carbocycles. The van der Waals surface area contributed by atoms with E-state index in [9.17, 15) is 10.1 Å². The van der Waals surface area contributed by atoms with Gasteiger partial charge in [0.05, 0.1) is 7.11 Å². The molecule has 0 bridgehead atoms. The number of rotatable bonds is 5. The standard InChI is InChI=1S/C19H19N3O2/c1-22(2)17-8-4-14(5-9-17)12-15(13-20)19(23)21-16-6-10-18(24-3)11-7-16/h4-12H,1-3H3,(H,21,23). The summed E-state index contributed by atoms with van der Waals surface area (Å²) in [4.78, 5) is 14.2. The van der Waals surface area contributed by atoms with Crippen molar-refractivity contribution in [2.24, 2.45) is 0 Å². The van der Waals surface area contributed by atoms with Gasteiger partial charge in [0, 0.05) is 25.5 Å². The molecule has 2 aromatic carbocycles. The first-order chi connectivity index (χ1) is 11.5. The van der Waals surface area contributed by atoms with E-state index in [1.807, 2.05) is 49.3 Å². The highest BCUT2D eigenvalue weighted by atomic mass is 16.5. The molecule has 0 aliphatic rings. The summed E-state index contributed by atoms with van der Waals surface area (Å²) in [6.45, 7) is 0. The minimum Gasteiger partial charge on any atom is -0.497 e. The lowest BCUT2D eigenvalue weighted by molar-refractivity contribution is -0.112. The normalized spacial score (nSPS) is 10.7. The number of anilines is 2. The van der Waals surface area contributed by atoms with Gasteiger partial charge in [-0.1, -0.05) is 12.1 Å². The highest BCUT2D eigenvalue weighted by molar-refractivity contribution is 6.09. The van der Waals surface area contributed by atoms with E-state index >= 15 is 0 Å². The molecular formula is C19H19N3O2. The van der Waals surface area contributed by atoms with Crippen LogP contribution in [0.5, 0.6) is 5.75 Å². The fraction of sp³-hybridized carbons (Fsp3) is 0.158. The van der Waals surface area contributed by atoms with Crippen LogP contribution in [0.3, 0.4) is 0 Å². The van der Waals surface area contributed by atoms with Crippen LogP contribution in [-0.2, 0) is 4.79 Å². The van der Waals surface area contributed by atoms with Crippen LogP contribution in [0, 0.1) is 11.3 Å². The highest BCUT2D eigenvalue weighted by Gasteiger charge is 2.09. The van der Waals surface area contributed by atoms with Crippen molar-refractivity contribution in [3.63, 3.8) is 0 Å². The van der Waals surface area contributed by atoms with Gasteiger partial charge in [0.25, 0.3) is 5.91 Å². The second-order valence-electron chi connectivity index (χ2n) is 5.34. The Balaban J connectivity index is 2.14. The molecule has 1 N–H and O–H groups in total. The predicted octanol–water partition coefficient (Wildman–Crippen LogP) is 3.31. The predicted molar refractivity (Wildman–Crippen MR) is 96.0 cm³/mol. The minimum absolute atomic E-state index is 0.0448. The fourth-order valence-electron chi connectivity index (χ4n) is 2.06. The second-order valence-corrected chi connectivity index (χ2v) is 5.34. The van der Waals surface area contributed by atoms with Crippen molar-refractivity contribution in [1.82, 2.24) is 0 Å². The number of methoxy groups -OCH3 is 1. The monoisotopic (exact) mass is 321 g/mol. The molecule has 2 rings (SSSR count). The van der Waals surface area contributed by atoms with Crippen molar-refractivity contribution in [2.75, 3.05) is 31.4 Å². The summed E-state index contributed by atoms with van der Waals surface area (Å²) in [5, 5.41) is 12.0. The molecule has 24 heavy (non-hydrogen) atoms. The first kappa shape index (κ1) is 17.1. The molecule has 5 heteroatoms. The molecule has 0 spiro atoms. The first-order valence-corrected chi connectivity index (χ1v) is 7.38. The maximum atomic E-state index is 12.2. The Labute approximate surface area is 141 Å². The third-order valence-electron chi connectivity index (χ3n) is 3.43. The van der Waals surface area contributed by atoms with E-state index in [1.54, 1.807) is 37.5 Å². The van der Waals surface area contributed by atoms with Gasteiger partial charge in [-0.05, 0) is 48.0 Å². The molecule has 0 fully saturated rings. The van der Waals surface area contributed by atoms with Crippen molar-refractivity contribution in [1.29, 1.82) is 5.26 Å². The fourth-order valence-corrected chi connectivity index (χ4v) is 2.06. The lowest BCUT2D eigenvalue weighted by Crippen LogP contribution is -2.13. The third-order valence-corrected chi connectivity index (χ3v) is 3.43. The highest BCUT2D eigenvalue weighted by Crippen LogP contribution is 2.17. The number of benzene rings is 2. The molecule has 0 aromatic heterocycles. The smallest absolute Gasteiger partial charge is 0.266 e. The van der Waals surface area contributed by atoms with Crippen LogP contribution < -0.4 is 15.0 Å². The SMILES string of the molecule is COc1ccc(NC(=O)C(C#N)=Cc2ccc(N(C)C)cc2)cc1. The van der Waals surface area contributed by atoms with E-state index in [1.165, 1.54) is 0 Å². The van der Waals surface area contributed by atoms with Gasteiger partial charge >= 0.3 is 0 Å². The average molecular weight is 321 g/mol. The summed E-state index contributed by atoms with van der Waals surface area (Å²) in [7, 11) is 5.48. The lowest BCUT2D eigenvalue weighted by Gasteiger charge is -2.12. The van der Waals surface area contributed by atoms with Crippen molar-refractivity contribution in [2.45, 2.75) is 0 Å². The zero-order valence-corrected chi connectivity index (χ0v) is 13.9. The largest absolute Gasteiger partial charge is 0.497 e. The van der Waals surface area contributed by atoms with Gasteiger partial charge in [-0.3, -0.25) is 4.79 Å². The Hall–Kier alpha value is -3.26. The first-order valence-electron chi connectivity index (χ1n) is 7.38. The number of nitrogens with zero attached hydrogens (tertiary/aromatic N) is 2. The summed E-state index contributed by atoms with van der Waals surface area (Å²) >= 11 is 0. The van der Waals surface area contributed by atoms with Crippen LogP contribution >= 0.6 is 0 Å². The van der Waals surface area contributed by atoms with E-state index < -0.39 is 5.91 Å². The average Bonchev–Trinajstić information content (AvgIpc) is 2.60. The van der Waals surface area contributed by atoms with Crippen LogP contribution in [0.2, 0.25) is 0 Å². The Bertz CT molecular complexity index is 770. The van der Waals surface area contributed by atoms with Crippen molar-refractivity contribution >= 4 is 23.4 Å². The third kappa shape index (κ3) is 4.37. The van der Waals surface area contributed by atoms with Crippen molar-refractivity contribution in [3.8, 4) is 11.8 Å². The molecular weight excluding hydrogens is 302 g/mol. The zero-order chi connectivity index (χ0) is 17.5. The topological polar surface area (TPSA) is 65.4 Å². The summed E-state index contributed by atoms with van der Waals surface area (Å²) in [6, 6.07) is 16.5. The molecule has 0 atom stereocenters. The Morgan fingerprint density at radius 2 is 1.75 bits per heavy atom. The van der Waals surface area contributed by atoms with Crippen LogP contribution in [0.4, 0.5) is 11.4 Å². The number of carbonyl (C=O) groups is 1. The second kappa shape index (κ2) is 7.84. The van der Waals surface area contributed by atoms with Gasteiger partial charge in [0.2, 0.25) is 0 Å². The van der Waals surface area contributed by atoms with Gasteiger partial charge in [-0.2, -0.15) is 5.26 Å². The molecule has 5 nitrogen and oxygen atoms in total. The molecule has 0 aliphatic carbocycles. The van der Waals surface area contributed by atoms with E-state index in [-0.39, 0.29) is 5.57 Å². The summed E-state index contributed by atoms with van der Waals surface area (Å²) in [5.74, 6) is 0.254. The quantitative estimate of drug-likeness (QED) is 0.678. The summed E-state index contributed by atoms with van der Waals surface area (Å²) in [5.41, 5.74) is 2.49. The van der Waals surface area contributed by atoms with Crippen molar-refractivity contribution < 1.29 is 9.53 Å². The Morgan fingerprint density at radius 1 is 1.12 bits per heavy atom. The Kier molecular flexibility index (Phi) is 5.58. The number of amides is 1. The maximum absolute atomic E-state index is 12.2. The zero-order valence-electron chi connectivity index (χ0n) is 13.9. The number of carbonyl (C=O) groups excluding carboxylic acids is 1. The molecule has 1 amide bonds. The van der Waals surface area contributed by atoms with E-state index in [2.05, 4.69) is 5.32 Å². The summed E-state index contributed by atoms with van der Waals surface area (Å²) in [6.07, 6.45) is 1.57. The lowest BCUT2D eigenvalue weighted by atomic mass is 10.1. The van der Waals surface area contributed by atoms with Gasteiger partial charge in [-0.15, -0.1) is 0 Å². The number of hydrogen-bond acceptors (Lipinski definition) is 4. The molecule has 0 saturated heterocycles. The maximum Gasteiger partial charge on any atom is 0.266 e. The number of nitriles is 1. The van der Waals surface area contributed by atoms with Crippen LogP contribution in [0.1, 0.15) is 5.56 Å². The number of ether oxygens (including phenoxy) is 1. The minimum atomic E-state index is -0.445. The molecule has 2 aromatic rings. The van der Waals surface area contributed by atoms with Gasteiger partial charge in [0.15, 0.2) is 0 Å². The van der Waals surface area contributed by atoms with Crippen LogP contribution in [0.25, 0.3) is 6.08 Å². The van der Waals surface area contributed by atoms with E-state index in [0.29, 0.717) is 11.4 Å². The van der Waals surface area contributed by atoms with Crippen LogP contribution in [0.15, 0.2) is 54.1 Å². The van der Waals surface area contributed by atoms with Gasteiger partial charge < -0.3 is 15.0 Å². The molecule has 0 unspecified atom stereocenters. The Morgan fingerprint density at radius 3 is 2.25 bits per heavy atom. The molecule has 122 valence electrons. The van der Waals surface area contributed by atoms with Gasteiger partial charge in [-0.25, -0.2) is 0 Å². The van der Waals surface area contributed by atoms with Gasteiger partial charge in [0.1, 0.15) is 17.4 Å². The van der Waals surface area contributed by atoms with E-state index in [0.717, 1.165) is 11.3 Å².